The maximum absolute atomic E-state index is 12.5. The minimum absolute atomic E-state index is 0.0303. The van der Waals surface area contributed by atoms with Crippen LogP contribution in [0.25, 0.3) is 16.5 Å². The second-order valence-electron chi connectivity index (χ2n) is 8.21. The molecule has 4 N–H and O–H groups in total. The Labute approximate surface area is 198 Å². The lowest BCUT2D eigenvalue weighted by molar-refractivity contribution is -0.134. The lowest BCUT2D eigenvalue weighted by Crippen LogP contribution is -2.53. The quantitative estimate of drug-likeness (QED) is 0.483. The van der Waals surface area contributed by atoms with Gasteiger partial charge in [-0.25, -0.2) is 14.4 Å². The van der Waals surface area contributed by atoms with Crippen LogP contribution in [-0.4, -0.2) is 81.2 Å². The van der Waals surface area contributed by atoms with Crippen molar-refractivity contribution in [2.24, 2.45) is 0 Å². The van der Waals surface area contributed by atoms with Crippen molar-refractivity contribution in [3.63, 3.8) is 0 Å². The van der Waals surface area contributed by atoms with E-state index in [1.807, 2.05) is 18.7 Å². The maximum atomic E-state index is 12.5. The van der Waals surface area contributed by atoms with E-state index in [0.29, 0.717) is 18.2 Å². The molecule has 0 saturated heterocycles. The molecule has 2 heterocycles. The molecule has 4 rings (SSSR count). The molecular formula is C25H32N4O5. The molecule has 9 heteroatoms. The first-order valence-corrected chi connectivity index (χ1v) is 11.5. The molecule has 0 fully saturated rings. The van der Waals surface area contributed by atoms with Gasteiger partial charge < -0.3 is 25.4 Å². The van der Waals surface area contributed by atoms with Gasteiger partial charge in [-0.2, -0.15) is 0 Å². The van der Waals surface area contributed by atoms with Gasteiger partial charge in [0.25, 0.3) is 0 Å². The van der Waals surface area contributed by atoms with Crippen LogP contribution in [0.5, 0.6) is 0 Å². The molecular weight excluding hydrogens is 436 g/mol. The zero-order valence-corrected chi connectivity index (χ0v) is 19.7. The second-order valence-corrected chi connectivity index (χ2v) is 8.21. The van der Waals surface area contributed by atoms with Crippen molar-refractivity contribution in [1.29, 1.82) is 0 Å². The number of carbonyl (C=O) groups excluding carboxylic acids is 1. The predicted molar refractivity (Wildman–Crippen MR) is 131 cm³/mol. The van der Waals surface area contributed by atoms with E-state index in [1.165, 1.54) is 27.6 Å². The van der Waals surface area contributed by atoms with Crippen molar-refractivity contribution in [1.82, 2.24) is 20.1 Å². The zero-order valence-electron chi connectivity index (χ0n) is 19.7. The molecule has 1 aromatic carbocycles. The van der Waals surface area contributed by atoms with Crippen molar-refractivity contribution in [2.75, 3.05) is 26.2 Å². The summed E-state index contributed by atoms with van der Waals surface area (Å²) in [5, 5.41) is 20.2. The lowest BCUT2D eigenvalue weighted by atomic mass is 9.81. The standard InChI is InChI=1S/C21H28N4O.C4H4O4/c1-4-24(5-2)21(26)23-15-11-17-16-8-7-9-18-20(16)14(12-22-18)10-19(17)25(6-3)13-15;5-3(6)1-2-4(7)8/h7-9,11-12,15,19,22H,4-6,10,13H2,1-3H3,(H,23,26);1-2H,(H,5,6)(H,7,8)/b;2-1-/t15-,19+;/m0./s1. The Morgan fingerprint density at radius 2 is 1.82 bits per heavy atom. The van der Waals surface area contributed by atoms with E-state index in [2.05, 4.69) is 52.6 Å². The monoisotopic (exact) mass is 468 g/mol. The zero-order chi connectivity index (χ0) is 24.8. The van der Waals surface area contributed by atoms with E-state index in [9.17, 15) is 14.4 Å². The highest BCUT2D eigenvalue weighted by molar-refractivity contribution is 5.98. The van der Waals surface area contributed by atoms with Crippen LogP contribution in [0.15, 0.2) is 42.6 Å². The molecule has 1 aliphatic carbocycles. The third-order valence-electron chi connectivity index (χ3n) is 6.26. The highest BCUT2D eigenvalue weighted by Gasteiger charge is 2.35. The average molecular weight is 469 g/mol. The van der Waals surface area contributed by atoms with Crippen molar-refractivity contribution in [2.45, 2.75) is 39.3 Å². The number of fused-ring (bicyclic) bond motifs is 2. The molecule has 2 aromatic rings. The van der Waals surface area contributed by atoms with Gasteiger partial charge in [0.15, 0.2) is 0 Å². The summed E-state index contributed by atoms with van der Waals surface area (Å²) in [6.07, 6.45) is 6.61. The van der Waals surface area contributed by atoms with E-state index in [1.54, 1.807) is 0 Å². The Hall–Kier alpha value is -3.59. The molecule has 2 amide bonds. The first kappa shape index (κ1) is 25.0. The number of nitrogens with zero attached hydrogens (tertiary/aromatic N) is 2. The third kappa shape index (κ3) is 5.48. The van der Waals surface area contributed by atoms with Crippen molar-refractivity contribution >= 4 is 34.4 Å². The highest BCUT2D eigenvalue weighted by atomic mass is 16.4. The van der Waals surface area contributed by atoms with E-state index < -0.39 is 11.9 Å². The Morgan fingerprint density at radius 3 is 2.41 bits per heavy atom. The van der Waals surface area contributed by atoms with Crippen LogP contribution in [0.3, 0.4) is 0 Å². The van der Waals surface area contributed by atoms with Gasteiger partial charge >= 0.3 is 18.0 Å². The number of likely N-dealkylation sites (N-methyl/N-ethyl adjacent to an activating group) is 1. The molecule has 34 heavy (non-hydrogen) atoms. The molecule has 1 aromatic heterocycles. The van der Waals surface area contributed by atoms with Gasteiger partial charge in [-0.1, -0.05) is 25.1 Å². The first-order chi connectivity index (χ1) is 16.3. The SMILES string of the molecule is CCN(CC)C(=O)N[C@H]1C=C2c3cccc4[nH]cc(c34)C[C@H]2N(CC)C1.O=C(O)/C=C\C(=O)O. The number of rotatable bonds is 6. The number of H-pyrrole nitrogens is 1. The molecule has 9 nitrogen and oxygen atoms in total. The van der Waals surface area contributed by atoms with E-state index in [0.717, 1.165) is 32.6 Å². The molecule has 182 valence electrons. The normalized spacial score (nSPS) is 19.1. The molecule has 0 radical (unpaired) electrons. The van der Waals surface area contributed by atoms with Gasteiger partial charge in [0, 0.05) is 54.9 Å². The number of carboxylic acid groups (broad SMARTS) is 2. The second kappa shape index (κ2) is 11.0. The Kier molecular flexibility index (Phi) is 8.12. The largest absolute Gasteiger partial charge is 0.478 e. The van der Waals surface area contributed by atoms with Gasteiger partial charge in [-0.05, 0) is 49.6 Å². The molecule has 1 aliphatic heterocycles. The fourth-order valence-electron chi connectivity index (χ4n) is 4.67. The Morgan fingerprint density at radius 1 is 1.15 bits per heavy atom. The van der Waals surface area contributed by atoms with Gasteiger partial charge in [0.2, 0.25) is 0 Å². The maximum Gasteiger partial charge on any atom is 0.328 e. The van der Waals surface area contributed by atoms with Gasteiger partial charge in [0.05, 0.1) is 6.04 Å². The number of amides is 2. The summed E-state index contributed by atoms with van der Waals surface area (Å²) in [5.74, 6) is -2.51. The van der Waals surface area contributed by atoms with Gasteiger partial charge in [-0.15, -0.1) is 0 Å². The van der Waals surface area contributed by atoms with Crippen LogP contribution in [-0.2, 0) is 16.0 Å². The minimum atomic E-state index is -1.26. The van der Waals surface area contributed by atoms with Crippen LogP contribution < -0.4 is 5.32 Å². The molecule has 0 saturated carbocycles. The molecule has 0 bridgehead atoms. The van der Waals surface area contributed by atoms with Crippen LogP contribution in [0.4, 0.5) is 4.79 Å². The summed E-state index contributed by atoms with van der Waals surface area (Å²) in [7, 11) is 0. The van der Waals surface area contributed by atoms with E-state index >= 15 is 0 Å². The fourth-order valence-corrected chi connectivity index (χ4v) is 4.67. The van der Waals surface area contributed by atoms with E-state index in [-0.39, 0.29) is 12.1 Å². The summed E-state index contributed by atoms with van der Waals surface area (Å²) >= 11 is 0. The molecule has 0 unspecified atom stereocenters. The van der Waals surface area contributed by atoms with Crippen LogP contribution in [0.1, 0.15) is 31.9 Å². The number of carboxylic acids is 2. The number of hydrogen-bond donors (Lipinski definition) is 4. The molecule has 2 aliphatic rings. The van der Waals surface area contributed by atoms with Crippen molar-refractivity contribution in [3.8, 4) is 0 Å². The number of nitrogens with one attached hydrogen (secondary N) is 2. The van der Waals surface area contributed by atoms with Crippen LogP contribution >= 0.6 is 0 Å². The third-order valence-corrected chi connectivity index (χ3v) is 6.26. The average Bonchev–Trinajstić information content (AvgIpc) is 3.23. The van der Waals surface area contributed by atoms with Gasteiger partial charge in [-0.3, -0.25) is 4.90 Å². The summed E-state index contributed by atoms with van der Waals surface area (Å²) < 4.78 is 0. The summed E-state index contributed by atoms with van der Waals surface area (Å²) in [6.45, 7) is 9.57. The summed E-state index contributed by atoms with van der Waals surface area (Å²) in [6, 6.07) is 6.96. The number of urea groups is 1. The number of aromatic nitrogens is 1. The fraction of sp³-hybridized carbons (Fsp3) is 0.400. The van der Waals surface area contributed by atoms with Crippen molar-refractivity contribution in [3.05, 3.63) is 53.8 Å². The number of carbonyl (C=O) groups is 3. The topological polar surface area (TPSA) is 126 Å². The van der Waals surface area contributed by atoms with Crippen LogP contribution in [0, 0.1) is 0 Å². The van der Waals surface area contributed by atoms with Crippen LogP contribution in [0.2, 0.25) is 0 Å². The summed E-state index contributed by atoms with van der Waals surface area (Å²) in [5.41, 5.74) is 5.28. The van der Waals surface area contributed by atoms with Gasteiger partial charge in [0.1, 0.15) is 0 Å². The number of aliphatic carboxylic acids is 2. The Balaban J connectivity index is 0.000000350. The highest BCUT2D eigenvalue weighted by Crippen LogP contribution is 2.40. The molecule has 2 atom stereocenters. The first-order valence-electron chi connectivity index (χ1n) is 11.5. The minimum Gasteiger partial charge on any atom is -0.478 e. The predicted octanol–water partition coefficient (Wildman–Crippen LogP) is 2.94. The molecule has 0 spiro atoms. The number of hydrogen-bond acceptors (Lipinski definition) is 4. The smallest absolute Gasteiger partial charge is 0.328 e. The summed E-state index contributed by atoms with van der Waals surface area (Å²) in [4.78, 5) is 39.4. The Bertz CT molecular complexity index is 1100. The number of benzene rings is 1. The van der Waals surface area contributed by atoms with E-state index in [4.69, 9.17) is 10.2 Å². The lowest BCUT2D eigenvalue weighted by Gasteiger charge is -2.42. The number of aromatic amines is 1. The van der Waals surface area contributed by atoms with Crippen molar-refractivity contribution < 1.29 is 24.6 Å².